The van der Waals surface area contributed by atoms with Gasteiger partial charge in [0.15, 0.2) is 0 Å². The van der Waals surface area contributed by atoms with Crippen LogP contribution in [0, 0.1) is 11.7 Å². The fourth-order valence-electron chi connectivity index (χ4n) is 2.54. The Bertz CT molecular complexity index is 636. The molecule has 0 unspecified atom stereocenters. The molecule has 1 N–H and O–H groups in total. The molecule has 0 aliphatic carbocycles. The average Bonchev–Trinajstić information content (AvgIpc) is 2.83. The van der Waals surface area contributed by atoms with E-state index in [1.165, 1.54) is 12.1 Å². The molecular formula is C17H20F3NO3. The second-order valence-electron chi connectivity index (χ2n) is 6.63. The van der Waals surface area contributed by atoms with Crippen LogP contribution in [0.3, 0.4) is 0 Å². The van der Waals surface area contributed by atoms with Crippen LogP contribution in [0.25, 0.3) is 0 Å². The molecule has 1 aliphatic heterocycles. The normalized spacial score (nSPS) is 20.6. The summed E-state index contributed by atoms with van der Waals surface area (Å²) < 4.78 is 49.6. The average molecular weight is 343 g/mol. The van der Waals surface area contributed by atoms with Crippen LogP contribution in [0.2, 0.25) is 0 Å². The second kappa shape index (κ2) is 7.25. The molecule has 0 spiro atoms. The molecule has 1 fully saturated rings. The van der Waals surface area contributed by atoms with Crippen molar-refractivity contribution in [2.45, 2.75) is 32.3 Å². The van der Waals surface area contributed by atoms with E-state index in [4.69, 9.17) is 9.47 Å². The molecule has 2 atom stereocenters. The molecule has 1 amide bonds. The maximum Gasteiger partial charge on any atom is 0.412 e. The van der Waals surface area contributed by atoms with Gasteiger partial charge in [0, 0.05) is 17.5 Å². The second-order valence-corrected chi connectivity index (χ2v) is 6.63. The van der Waals surface area contributed by atoms with Crippen LogP contribution in [-0.2, 0) is 9.47 Å². The van der Waals surface area contributed by atoms with Gasteiger partial charge >= 0.3 is 6.09 Å². The van der Waals surface area contributed by atoms with Gasteiger partial charge in [-0.2, -0.15) is 8.78 Å². The van der Waals surface area contributed by atoms with E-state index in [1.807, 2.05) is 0 Å². The Hall–Kier alpha value is -2.02. The highest BCUT2D eigenvalue weighted by Crippen LogP contribution is 2.35. The van der Waals surface area contributed by atoms with E-state index in [2.05, 4.69) is 5.32 Å². The number of carbonyl (C=O) groups is 1. The Labute approximate surface area is 138 Å². The first-order valence-corrected chi connectivity index (χ1v) is 7.56. The first-order chi connectivity index (χ1) is 11.2. The van der Waals surface area contributed by atoms with Gasteiger partial charge in [0.05, 0.1) is 13.2 Å². The summed E-state index contributed by atoms with van der Waals surface area (Å²) in [4.78, 5) is 11.7. The van der Waals surface area contributed by atoms with Crippen molar-refractivity contribution in [2.75, 3.05) is 18.5 Å². The highest BCUT2D eigenvalue weighted by molar-refractivity contribution is 5.84. The predicted octanol–water partition coefficient (Wildman–Crippen LogP) is 4.68. The van der Waals surface area contributed by atoms with E-state index >= 15 is 0 Å². The van der Waals surface area contributed by atoms with Crippen LogP contribution >= 0.6 is 0 Å². The number of benzene rings is 1. The first-order valence-electron chi connectivity index (χ1n) is 7.56. The summed E-state index contributed by atoms with van der Waals surface area (Å²) in [5.74, 6) is -1.65. The zero-order valence-corrected chi connectivity index (χ0v) is 13.7. The number of rotatable bonds is 3. The highest BCUT2D eigenvalue weighted by atomic mass is 19.3. The van der Waals surface area contributed by atoms with Gasteiger partial charge in [0.2, 0.25) is 0 Å². The van der Waals surface area contributed by atoms with Crippen molar-refractivity contribution in [3.05, 3.63) is 41.7 Å². The molecule has 24 heavy (non-hydrogen) atoms. The van der Waals surface area contributed by atoms with Gasteiger partial charge in [-0.05, 0) is 44.5 Å². The third-order valence-corrected chi connectivity index (χ3v) is 3.51. The Morgan fingerprint density at radius 3 is 2.62 bits per heavy atom. The number of ether oxygens (including phenoxy) is 2. The molecule has 0 saturated carbocycles. The van der Waals surface area contributed by atoms with E-state index in [0.29, 0.717) is 0 Å². The monoisotopic (exact) mass is 343 g/mol. The molecule has 4 nitrogen and oxygen atoms in total. The quantitative estimate of drug-likeness (QED) is 0.867. The van der Waals surface area contributed by atoms with E-state index in [1.54, 1.807) is 20.8 Å². The molecular weight excluding hydrogens is 323 g/mol. The van der Waals surface area contributed by atoms with Crippen molar-refractivity contribution in [1.29, 1.82) is 0 Å². The topological polar surface area (TPSA) is 47.6 Å². The van der Waals surface area contributed by atoms with Crippen molar-refractivity contribution in [3.63, 3.8) is 0 Å². The Balaban J connectivity index is 2.12. The number of hydrogen-bond acceptors (Lipinski definition) is 3. The van der Waals surface area contributed by atoms with Gasteiger partial charge in [0.1, 0.15) is 11.4 Å². The van der Waals surface area contributed by atoms with Crippen LogP contribution < -0.4 is 5.32 Å². The molecule has 0 radical (unpaired) electrons. The van der Waals surface area contributed by atoms with Gasteiger partial charge in [-0.25, -0.2) is 9.18 Å². The van der Waals surface area contributed by atoms with E-state index in [-0.39, 0.29) is 24.5 Å². The number of anilines is 1. The van der Waals surface area contributed by atoms with Crippen LogP contribution in [0.15, 0.2) is 30.4 Å². The Morgan fingerprint density at radius 2 is 2.04 bits per heavy atom. The molecule has 1 aromatic carbocycles. The van der Waals surface area contributed by atoms with Gasteiger partial charge in [0.25, 0.3) is 6.08 Å². The fourth-order valence-corrected chi connectivity index (χ4v) is 2.54. The summed E-state index contributed by atoms with van der Waals surface area (Å²) >= 11 is 0. The van der Waals surface area contributed by atoms with Crippen LogP contribution in [0.5, 0.6) is 0 Å². The van der Waals surface area contributed by atoms with Gasteiger partial charge in [-0.15, -0.1) is 0 Å². The molecule has 1 aromatic rings. The SMILES string of the molecule is CC(C)(C)OC(=O)Nc1ccc([C@@H]2COC[C@@H]2C=C(F)F)c(F)c1. The molecule has 0 aromatic heterocycles. The third kappa shape index (κ3) is 4.99. The highest BCUT2D eigenvalue weighted by Gasteiger charge is 2.31. The maximum atomic E-state index is 14.3. The number of halogens is 3. The van der Waals surface area contributed by atoms with Crippen molar-refractivity contribution >= 4 is 11.8 Å². The third-order valence-electron chi connectivity index (χ3n) is 3.51. The van der Waals surface area contributed by atoms with Crippen LogP contribution in [0.1, 0.15) is 32.3 Å². The molecule has 1 aliphatic rings. The van der Waals surface area contributed by atoms with E-state index in [9.17, 15) is 18.0 Å². The van der Waals surface area contributed by atoms with Crippen molar-refractivity contribution in [3.8, 4) is 0 Å². The minimum absolute atomic E-state index is 0.124. The standard InChI is InChI=1S/C17H20F3NO3/c1-17(2,3)24-16(22)21-11-4-5-12(14(18)7-11)13-9-23-8-10(13)6-15(19)20/h4-7,10,13H,8-9H2,1-3H3,(H,21,22)/t10-,13+/m0/s1. The van der Waals surface area contributed by atoms with Crippen LogP contribution in [-0.4, -0.2) is 24.9 Å². The zero-order chi connectivity index (χ0) is 17.9. The van der Waals surface area contributed by atoms with Gasteiger partial charge in [-0.3, -0.25) is 5.32 Å². The smallest absolute Gasteiger partial charge is 0.412 e. The number of carbonyl (C=O) groups excluding carboxylic acids is 1. The lowest BCUT2D eigenvalue weighted by Crippen LogP contribution is -2.27. The Morgan fingerprint density at radius 1 is 1.33 bits per heavy atom. The lowest BCUT2D eigenvalue weighted by atomic mass is 9.88. The summed E-state index contributed by atoms with van der Waals surface area (Å²) in [5, 5.41) is 2.44. The predicted molar refractivity (Wildman–Crippen MR) is 83.6 cm³/mol. The summed E-state index contributed by atoms with van der Waals surface area (Å²) in [5.41, 5.74) is -0.155. The lowest BCUT2D eigenvalue weighted by Gasteiger charge is -2.20. The first kappa shape index (κ1) is 18.3. The maximum absolute atomic E-state index is 14.3. The fraction of sp³-hybridized carbons (Fsp3) is 0.471. The molecule has 2 rings (SSSR count). The zero-order valence-electron chi connectivity index (χ0n) is 13.7. The minimum Gasteiger partial charge on any atom is -0.444 e. The number of hydrogen-bond donors (Lipinski definition) is 1. The van der Waals surface area contributed by atoms with Gasteiger partial charge in [-0.1, -0.05) is 6.07 Å². The summed E-state index contributed by atoms with van der Waals surface area (Å²) in [6.45, 7) is 5.44. The molecule has 1 saturated heterocycles. The number of amides is 1. The summed E-state index contributed by atoms with van der Waals surface area (Å²) in [7, 11) is 0. The van der Waals surface area contributed by atoms with E-state index < -0.39 is 35.4 Å². The van der Waals surface area contributed by atoms with E-state index in [0.717, 1.165) is 12.1 Å². The number of nitrogens with one attached hydrogen (secondary N) is 1. The summed E-state index contributed by atoms with van der Waals surface area (Å²) in [6.07, 6.45) is -1.71. The molecule has 132 valence electrons. The lowest BCUT2D eigenvalue weighted by molar-refractivity contribution is 0.0636. The van der Waals surface area contributed by atoms with Crippen LogP contribution in [0.4, 0.5) is 23.7 Å². The molecule has 0 bridgehead atoms. The minimum atomic E-state index is -1.81. The largest absolute Gasteiger partial charge is 0.444 e. The van der Waals surface area contributed by atoms with Crippen molar-refractivity contribution in [1.82, 2.24) is 0 Å². The van der Waals surface area contributed by atoms with Crippen molar-refractivity contribution < 1.29 is 27.4 Å². The molecule has 1 heterocycles. The Kier molecular flexibility index (Phi) is 5.54. The van der Waals surface area contributed by atoms with Crippen molar-refractivity contribution in [2.24, 2.45) is 5.92 Å². The molecule has 7 heteroatoms. The summed E-state index contributed by atoms with van der Waals surface area (Å²) in [6, 6.07) is 4.12. The van der Waals surface area contributed by atoms with Gasteiger partial charge < -0.3 is 9.47 Å².